The van der Waals surface area contributed by atoms with E-state index in [4.69, 9.17) is 17.3 Å². The van der Waals surface area contributed by atoms with Crippen LogP contribution >= 0.6 is 22.9 Å². The van der Waals surface area contributed by atoms with E-state index in [9.17, 15) is 0 Å². The molecule has 2 N–H and O–H groups in total. The summed E-state index contributed by atoms with van der Waals surface area (Å²) >= 11 is 7.53. The van der Waals surface area contributed by atoms with Crippen molar-refractivity contribution in [3.63, 3.8) is 0 Å². The Morgan fingerprint density at radius 2 is 2.27 bits per heavy atom. The van der Waals surface area contributed by atoms with Gasteiger partial charge >= 0.3 is 0 Å². The van der Waals surface area contributed by atoms with Crippen LogP contribution in [0.2, 0.25) is 5.02 Å². The molecule has 1 aromatic heterocycles. The summed E-state index contributed by atoms with van der Waals surface area (Å²) in [6.45, 7) is 2.10. The van der Waals surface area contributed by atoms with E-state index in [1.807, 2.05) is 17.5 Å². The van der Waals surface area contributed by atoms with Gasteiger partial charge in [0.25, 0.3) is 0 Å². The Bertz CT molecular complexity index is 479. The first-order chi connectivity index (χ1) is 7.20. The van der Waals surface area contributed by atoms with Crippen molar-refractivity contribution in [2.24, 2.45) is 0 Å². The molecule has 15 heavy (non-hydrogen) atoms. The van der Waals surface area contributed by atoms with Gasteiger partial charge in [-0.05, 0) is 18.6 Å². The van der Waals surface area contributed by atoms with E-state index in [1.54, 1.807) is 17.4 Å². The summed E-state index contributed by atoms with van der Waals surface area (Å²) in [7, 11) is 0. The molecule has 2 rings (SSSR count). The van der Waals surface area contributed by atoms with Gasteiger partial charge in [-0.3, -0.25) is 0 Å². The Hall–Kier alpha value is -1.06. The van der Waals surface area contributed by atoms with E-state index in [0.29, 0.717) is 10.7 Å². The molecule has 78 valence electrons. The van der Waals surface area contributed by atoms with Crippen LogP contribution in [-0.2, 0) is 6.42 Å². The van der Waals surface area contributed by atoms with Gasteiger partial charge in [-0.1, -0.05) is 24.6 Å². The predicted molar refractivity (Wildman–Crippen MR) is 66.4 cm³/mol. The van der Waals surface area contributed by atoms with Crippen LogP contribution in [0.3, 0.4) is 0 Å². The van der Waals surface area contributed by atoms with E-state index in [1.165, 1.54) is 0 Å². The molecule has 0 saturated heterocycles. The zero-order valence-electron chi connectivity index (χ0n) is 8.33. The molecule has 0 spiro atoms. The number of nitrogens with zero attached hydrogens (tertiary/aromatic N) is 1. The van der Waals surface area contributed by atoms with Gasteiger partial charge in [-0.15, -0.1) is 11.3 Å². The van der Waals surface area contributed by atoms with E-state index in [2.05, 4.69) is 11.9 Å². The van der Waals surface area contributed by atoms with Crippen molar-refractivity contribution in [2.75, 3.05) is 5.73 Å². The van der Waals surface area contributed by atoms with Crippen LogP contribution in [0.4, 0.5) is 5.69 Å². The van der Waals surface area contributed by atoms with Crippen molar-refractivity contribution in [3.05, 3.63) is 33.6 Å². The third kappa shape index (κ3) is 2.13. The zero-order chi connectivity index (χ0) is 10.8. The maximum atomic E-state index is 5.86. The van der Waals surface area contributed by atoms with Gasteiger partial charge in [0.1, 0.15) is 0 Å². The number of nitrogen functional groups attached to an aromatic ring is 1. The summed E-state index contributed by atoms with van der Waals surface area (Å²) in [5.74, 6) is 0. The van der Waals surface area contributed by atoms with Gasteiger partial charge in [0.2, 0.25) is 0 Å². The Labute approximate surface area is 97.7 Å². The number of benzene rings is 1. The summed E-state index contributed by atoms with van der Waals surface area (Å²) in [6, 6.07) is 5.60. The van der Waals surface area contributed by atoms with Gasteiger partial charge in [0, 0.05) is 10.9 Å². The Morgan fingerprint density at radius 1 is 1.47 bits per heavy atom. The SMILES string of the molecule is CCc1nc(-c2ccc(Cl)c(N)c2)cs1. The lowest BCUT2D eigenvalue weighted by molar-refractivity contribution is 1.10. The summed E-state index contributed by atoms with van der Waals surface area (Å²) in [5, 5.41) is 3.77. The van der Waals surface area contributed by atoms with Crippen molar-refractivity contribution in [2.45, 2.75) is 13.3 Å². The highest BCUT2D eigenvalue weighted by Gasteiger charge is 2.05. The van der Waals surface area contributed by atoms with Crippen LogP contribution in [-0.4, -0.2) is 4.98 Å². The van der Waals surface area contributed by atoms with E-state index < -0.39 is 0 Å². The standard InChI is InChI=1S/C11H11ClN2S/c1-2-11-14-10(6-15-11)7-3-4-8(12)9(13)5-7/h3-6H,2,13H2,1H3. The second-order valence-electron chi connectivity index (χ2n) is 3.22. The van der Waals surface area contributed by atoms with Gasteiger partial charge in [-0.2, -0.15) is 0 Å². The van der Waals surface area contributed by atoms with E-state index >= 15 is 0 Å². The minimum Gasteiger partial charge on any atom is -0.398 e. The van der Waals surface area contributed by atoms with Crippen molar-refractivity contribution in [3.8, 4) is 11.3 Å². The van der Waals surface area contributed by atoms with Crippen LogP contribution < -0.4 is 5.73 Å². The molecule has 1 heterocycles. The lowest BCUT2D eigenvalue weighted by Gasteiger charge is -2.00. The molecular weight excluding hydrogens is 228 g/mol. The molecule has 0 radical (unpaired) electrons. The largest absolute Gasteiger partial charge is 0.398 e. The molecule has 0 aliphatic rings. The first-order valence-electron chi connectivity index (χ1n) is 4.70. The second-order valence-corrected chi connectivity index (χ2v) is 4.57. The maximum absolute atomic E-state index is 5.86. The molecule has 0 amide bonds. The van der Waals surface area contributed by atoms with Crippen molar-refractivity contribution in [1.82, 2.24) is 4.98 Å². The van der Waals surface area contributed by atoms with E-state index in [0.717, 1.165) is 22.7 Å². The van der Waals surface area contributed by atoms with Crippen molar-refractivity contribution < 1.29 is 0 Å². The number of anilines is 1. The number of aromatic nitrogens is 1. The summed E-state index contributed by atoms with van der Waals surface area (Å²) in [6.07, 6.45) is 0.966. The number of hydrogen-bond donors (Lipinski definition) is 1. The predicted octanol–water partition coefficient (Wildman–Crippen LogP) is 3.61. The lowest BCUT2D eigenvalue weighted by Crippen LogP contribution is -1.87. The van der Waals surface area contributed by atoms with Crippen molar-refractivity contribution in [1.29, 1.82) is 0 Å². The van der Waals surface area contributed by atoms with Crippen LogP contribution in [0.15, 0.2) is 23.6 Å². The first kappa shape index (κ1) is 10.5. The van der Waals surface area contributed by atoms with Gasteiger partial charge in [0.15, 0.2) is 0 Å². The molecule has 0 atom stereocenters. The molecule has 0 aliphatic heterocycles. The lowest BCUT2D eigenvalue weighted by atomic mass is 10.1. The van der Waals surface area contributed by atoms with Crippen molar-refractivity contribution >= 4 is 28.6 Å². The van der Waals surface area contributed by atoms with Crippen LogP contribution in [0.5, 0.6) is 0 Å². The third-order valence-electron chi connectivity index (χ3n) is 2.15. The summed E-state index contributed by atoms with van der Waals surface area (Å²) < 4.78 is 0. The number of nitrogens with two attached hydrogens (primary N) is 1. The third-order valence-corrected chi connectivity index (χ3v) is 3.48. The average molecular weight is 239 g/mol. The number of rotatable bonds is 2. The molecule has 0 bridgehead atoms. The van der Waals surface area contributed by atoms with Crippen LogP contribution in [0.1, 0.15) is 11.9 Å². The molecule has 2 aromatic rings. The quantitative estimate of drug-likeness (QED) is 0.812. The minimum absolute atomic E-state index is 0.588. The smallest absolute Gasteiger partial charge is 0.0929 e. The second kappa shape index (κ2) is 4.21. The first-order valence-corrected chi connectivity index (χ1v) is 5.96. The Morgan fingerprint density at radius 3 is 2.87 bits per heavy atom. The number of aryl methyl sites for hydroxylation is 1. The van der Waals surface area contributed by atoms with Gasteiger partial charge in [0.05, 0.1) is 21.4 Å². The number of thiazole rings is 1. The number of hydrogen-bond acceptors (Lipinski definition) is 3. The topological polar surface area (TPSA) is 38.9 Å². The molecule has 0 fully saturated rings. The van der Waals surface area contributed by atoms with E-state index in [-0.39, 0.29) is 0 Å². The molecule has 1 aromatic carbocycles. The normalized spacial score (nSPS) is 10.5. The number of halogens is 1. The highest BCUT2D eigenvalue weighted by molar-refractivity contribution is 7.09. The monoisotopic (exact) mass is 238 g/mol. The highest BCUT2D eigenvalue weighted by Crippen LogP contribution is 2.27. The Balaban J connectivity index is 2.40. The molecule has 4 heteroatoms. The summed E-state index contributed by atoms with van der Waals surface area (Å²) in [5.41, 5.74) is 8.33. The molecule has 0 aliphatic carbocycles. The Kier molecular flexibility index (Phi) is 2.93. The molecular formula is C11H11ClN2S. The van der Waals surface area contributed by atoms with Gasteiger partial charge in [-0.25, -0.2) is 4.98 Å². The van der Waals surface area contributed by atoms with Gasteiger partial charge < -0.3 is 5.73 Å². The summed E-state index contributed by atoms with van der Waals surface area (Å²) in [4.78, 5) is 4.49. The minimum atomic E-state index is 0.588. The fraction of sp³-hybridized carbons (Fsp3) is 0.182. The van der Waals surface area contributed by atoms with Crippen LogP contribution in [0.25, 0.3) is 11.3 Å². The molecule has 2 nitrogen and oxygen atoms in total. The average Bonchev–Trinajstić information content (AvgIpc) is 2.70. The fourth-order valence-corrected chi connectivity index (χ4v) is 2.18. The zero-order valence-corrected chi connectivity index (χ0v) is 9.90. The molecule has 0 saturated carbocycles. The highest BCUT2D eigenvalue weighted by atomic mass is 35.5. The molecule has 0 unspecified atom stereocenters. The van der Waals surface area contributed by atoms with Crippen LogP contribution in [0, 0.1) is 0 Å². The maximum Gasteiger partial charge on any atom is 0.0929 e. The fourth-order valence-electron chi connectivity index (χ4n) is 1.31.